The zero-order valence-corrected chi connectivity index (χ0v) is 18.5. The summed E-state index contributed by atoms with van der Waals surface area (Å²) >= 11 is 0. The number of rotatable bonds is 2. The number of likely N-dealkylation sites (tertiary alicyclic amines) is 1. The number of carbonyl (C=O) groups is 2. The van der Waals surface area contributed by atoms with Crippen LogP contribution in [-0.4, -0.2) is 48.1 Å². The molecule has 2 bridgehead atoms. The fourth-order valence-electron chi connectivity index (χ4n) is 4.23. The van der Waals surface area contributed by atoms with Gasteiger partial charge in [0.25, 0.3) is 0 Å². The number of ether oxygens (including phenoxy) is 1. The third-order valence-electron chi connectivity index (χ3n) is 6.25. The molecule has 0 unspecified atom stereocenters. The van der Waals surface area contributed by atoms with E-state index >= 15 is 0 Å². The lowest BCUT2D eigenvalue weighted by atomic mass is 9.98. The van der Waals surface area contributed by atoms with Crippen molar-refractivity contribution in [3.8, 4) is 11.1 Å². The number of nitrogens with zero attached hydrogens (tertiary/aromatic N) is 2. The van der Waals surface area contributed by atoms with Gasteiger partial charge in [-0.3, -0.25) is 15.1 Å². The van der Waals surface area contributed by atoms with Crippen molar-refractivity contribution < 1.29 is 14.3 Å². The summed E-state index contributed by atoms with van der Waals surface area (Å²) in [6.07, 6.45) is 8.73. The Morgan fingerprint density at radius 2 is 1.94 bits per heavy atom. The van der Waals surface area contributed by atoms with Gasteiger partial charge in [0.1, 0.15) is 6.04 Å². The van der Waals surface area contributed by atoms with Gasteiger partial charge in [0.15, 0.2) is 0 Å². The molecule has 0 saturated carbocycles. The number of nitrogens with two attached hydrogens (primary N) is 1. The molecular formula is C24H31N5O3. The number of methoxy groups -OCH3 is 1. The van der Waals surface area contributed by atoms with Gasteiger partial charge < -0.3 is 20.7 Å². The van der Waals surface area contributed by atoms with Crippen LogP contribution in [0.3, 0.4) is 0 Å². The number of aromatic nitrogens is 1. The lowest BCUT2D eigenvalue weighted by Gasteiger charge is -2.35. The van der Waals surface area contributed by atoms with E-state index in [9.17, 15) is 9.59 Å². The van der Waals surface area contributed by atoms with Gasteiger partial charge in [-0.2, -0.15) is 0 Å². The van der Waals surface area contributed by atoms with E-state index in [1.54, 1.807) is 6.20 Å². The predicted molar refractivity (Wildman–Crippen MR) is 124 cm³/mol. The number of fused-ring (bicyclic) bond motifs is 4. The molecule has 1 saturated heterocycles. The van der Waals surface area contributed by atoms with Crippen LogP contribution >= 0.6 is 0 Å². The molecule has 1 aromatic carbocycles. The second kappa shape index (κ2) is 9.99. The van der Waals surface area contributed by atoms with E-state index in [0.29, 0.717) is 5.69 Å². The van der Waals surface area contributed by atoms with E-state index in [-0.39, 0.29) is 18.0 Å². The van der Waals surface area contributed by atoms with Gasteiger partial charge in [-0.1, -0.05) is 25.3 Å². The van der Waals surface area contributed by atoms with Crippen LogP contribution in [0.2, 0.25) is 0 Å². The number of nitrogens with one attached hydrogen (secondary N) is 2. The summed E-state index contributed by atoms with van der Waals surface area (Å²) in [4.78, 5) is 31.2. The molecule has 3 heterocycles. The molecule has 32 heavy (non-hydrogen) atoms. The molecule has 2 aliphatic heterocycles. The van der Waals surface area contributed by atoms with Crippen molar-refractivity contribution in [2.24, 2.45) is 5.73 Å². The average molecular weight is 438 g/mol. The van der Waals surface area contributed by atoms with E-state index < -0.39 is 6.09 Å². The first kappa shape index (κ1) is 22.1. The maximum absolute atomic E-state index is 13.2. The number of carbonyl (C=O) groups excluding carboxylic acids is 2. The summed E-state index contributed by atoms with van der Waals surface area (Å²) in [6, 6.07) is 7.25. The lowest BCUT2D eigenvalue weighted by Crippen LogP contribution is -2.49. The maximum Gasteiger partial charge on any atom is 0.411 e. The van der Waals surface area contributed by atoms with Crippen LogP contribution in [0.1, 0.15) is 50.1 Å². The smallest absolute Gasteiger partial charge is 0.411 e. The Balaban J connectivity index is 1.74. The SMILES string of the molecule is COC(=O)Nc1ccc2c(c1)N[C@@H](C(=O)N1CCC1)CCCCC[C@H](N)c1cncc-2c1. The van der Waals surface area contributed by atoms with E-state index in [1.165, 1.54) is 7.11 Å². The maximum atomic E-state index is 13.2. The Morgan fingerprint density at radius 1 is 1.12 bits per heavy atom. The zero-order valence-electron chi connectivity index (χ0n) is 18.5. The molecule has 1 aromatic heterocycles. The molecule has 2 aromatic rings. The molecule has 0 aliphatic carbocycles. The van der Waals surface area contributed by atoms with Crippen LogP contribution < -0.4 is 16.4 Å². The number of amides is 2. The lowest BCUT2D eigenvalue weighted by molar-refractivity contribution is -0.135. The van der Waals surface area contributed by atoms with E-state index in [2.05, 4.69) is 21.7 Å². The van der Waals surface area contributed by atoms with Gasteiger partial charge in [-0.05, 0) is 43.0 Å². The third-order valence-corrected chi connectivity index (χ3v) is 6.25. The molecule has 8 heteroatoms. The minimum Gasteiger partial charge on any atom is -0.453 e. The van der Waals surface area contributed by atoms with E-state index in [0.717, 1.165) is 74.0 Å². The topological polar surface area (TPSA) is 110 Å². The molecule has 2 amide bonds. The minimum atomic E-state index is -0.544. The Morgan fingerprint density at radius 3 is 2.69 bits per heavy atom. The quantitative estimate of drug-likeness (QED) is 0.657. The zero-order chi connectivity index (χ0) is 22.5. The average Bonchev–Trinajstić information content (AvgIpc) is 2.77. The van der Waals surface area contributed by atoms with Crippen LogP contribution in [0, 0.1) is 0 Å². The van der Waals surface area contributed by atoms with Crippen LogP contribution in [0.5, 0.6) is 0 Å². The molecule has 4 rings (SSSR count). The number of anilines is 2. The highest BCUT2D eigenvalue weighted by Crippen LogP contribution is 2.34. The molecule has 2 aliphatic rings. The molecule has 170 valence electrons. The van der Waals surface area contributed by atoms with Crippen LogP contribution in [0.25, 0.3) is 11.1 Å². The number of hydrogen-bond donors (Lipinski definition) is 3. The highest BCUT2D eigenvalue weighted by Gasteiger charge is 2.28. The Hall–Kier alpha value is -3.13. The second-order valence-corrected chi connectivity index (χ2v) is 8.50. The fraction of sp³-hybridized carbons (Fsp3) is 0.458. The second-order valence-electron chi connectivity index (χ2n) is 8.50. The van der Waals surface area contributed by atoms with Crippen molar-refractivity contribution in [3.63, 3.8) is 0 Å². The first-order valence-electron chi connectivity index (χ1n) is 11.3. The van der Waals surface area contributed by atoms with Crippen LogP contribution in [-0.2, 0) is 9.53 Å². The van der Waals surface area contributed by atoms with E-state index in [4.69, 9.17) is 10.5 Å². The molecule has 2 atom stereocenters. The van der Waals surface area contributed by atoms with Gasteiger partial charge in [-0.25, -0.2) is 4.79 Å². The van der Waals surface area contributed by atoms with Gasteiger partial charge >= 0.3 is 6.09 Å². The van der Waals surface area contributed by atoms with Gasteiger partial charge in [0.2, 0.25) is 5.91 Å². The summed E-state index contributed by atoms with van der Waals surface area (Å²) in [5.74, 6) is 0.131. The summed E-state index contributed by atoms with van der Waals surface area (Å²) in [5.41, 5.74) is 10.6. The summed E-state index contributed by atoms with van der Waals surface area (Å²) in [5, 5.41) is 6.20. The third kappa shape index (κ3) is 5.02. The van der Waals surface area contributed by atoms with Crippen LogP contribution in [0.15, 0.2) is 36.7 Å². The number of hydrogen-bond acceptors (Lipinski definition) is 6. The Bertz CT molecular complexity index is 976. The molecular weight excluding hydrogens is 406 g/mol. The first-order valence-corrected chi connectivity index (χ1v) is 11.3. The molecule has 0 spiro atoms. The Kier molecular flexibility index (Phi) is 6.90. The Labute approximate surface area is 188 Å². The van der Waals surface area contributed by atoms with Crippen LogP contribution in [0.4, 0.5) is 16.2 Å². The summed E-state index contributed by atoms with van der Waals surface area (Å²) in [6.45, 7) is 1.63. The van der Waals surface area contributed by atoms with Crippen molar-refractivity contribution in [2.45, 2.75) is 50.6 Å². The largest absolute Gasteiger partial charge is 0.453 e. The van der Waals surface area contributed by atoms with Crippen molar-refractivity contribution >= 4 is 23.4 Å². The summed E-state index contributed by atoms with van der Waals surface area (Å²) < 4.78 is 4.73. The van der Waals surface area contributed by atoms with Gasteiger partial charge in [0.05, 0.1) is 7.11 Å². The minimum absolute atomic E-state index is 0.0709. The first-order chi connectivity index (χ1) is 15.5. The summed E-state index contributed by atoms with van der Waals surface area (Å²) in [7, 11) is 1.33. The van der Waals surface area contributed by atoms with Gasteiger partial charge in [-0.15, -0.1) is 0 Å². The predicted octanol–water partition coefficient (Wildman–Crippen LogP) is 3.90. The standard InChI is InChI=1S/C24H31N5O3/c1-32-24(31)27-18-8-9-19-16-12-17(15-26-14-16)20(25)6-3-2-4-7-21(28-22(19)13-18)23(30)29-10-5-11-29/h8-9,12-15,20-21,28H,2-7,10-11,25H2,1H3,(H,27,31)/t20-,21+/m0/s1. The molecule has 8 nitrogen and oxygen atoms in total. The molecule has 0 radical (unpaired) electrons. The highest BCUT2D eigenvalue weighted by molar-refractivity contribution is 5.91. The monoisotopic (exact) mass is 437 g/mol. The molecule has 4 N–H and O–H groups in total. The normalized spacial score (nSPS) is 20.9. The van der Waals surface area contributed by atoms with E-state index in [1.807, 2.05) is 29.3 Å². The molecule has 1 fully saturated rings. The fourth-order valence-corrected chi connectivity index (χ4v) is 4.23. The van der Waals surface area contributed by atoms with Gasteiger partial charge in [0, 0.05) is 54.0 Å². The number of pyridine rings is 1. The van der Waals surface area contributed by atoms with Crippen molar-refractivity contribution in [1.29, 1.82) is 0 Å². The van der Waals surface area contributed by atoms with Crippen molar-refractivity contribution in [1.82, 2.24) is 9.88 Å². The van der Waals surface area contributed by atoms with Crippen molar-refractivity contribution in [2.75, 3.05) is 30.8 Å². The highest BCUT2D eigenvalue weighted by atomic mass is 16.5. The van der Waals surface area contributed by atoms with Crippen molar-refractivity contribution in [3.05, 3.63) is 42.2 Å². The number of benzene rings is 1.